The summed E-state index contributed by atoms with van der Waals surface area (Å²) in [7, 11) is 0. The average molecular weight is 288 g/mol. The number of hydrogen-bond donors (Lipinski definition) is 1. The quantitative estimate of drug-likeness (QED) is 0.910. The van der Waals surface area contributed by atoms with E-state index < -0.39 is 0 Å². The van der Waals surface area contributed by atoms with Crippen LogP contribution in [0, 0.1) is 23.7 Å². The summed E-state index contributed by atoms with van der Waals surface area (Å²) in [6.07, 6.45) is 9.28. The molecule has 3 nitrogen and oxygen atoms in total. The molecule has 0 unspecified atom stereocenters. The van der Waals surface area contributed by atoms with Crippen molar-refractivity contribution < 1.29 is 4.42 Å². The normalized spacial score (nSPS) is 38.1. The lowest BCUT2D eigenvalue weighted by molar-refractivity contribution is -0.00997. The fourth-order valence-corrected chi connectivity index (χ4v) is 5.29. The Morgan fingerprint density at radius 1 is 1.10 bits per heavy atom. The molecule has 0 aromatic carbocycles. The molecule has 4 fully saturated rings. The molecule has 4 aliphatic carbocycles. The van der Waals surface area contributed by atoms with E-state index in [0.717, 1.165) is 36.1 Å². The Bertz CT molecular complexity index is 486. The molecule has 3 heteroatoms. The molecule has 0 saturated heterocycles. The third-order valence-corrected chi connectivity index (χ3v) is 5.90. The van der Waals surface area contributed by atoms with E-state index in [2.05, 4.69) is 31.1 Å². The molecule has 1 aromatic rings. The minimum Gasteiger partial charge on any atom is -0.444 e. The average Bonchev–Trinajstić information content (AvgIpc) is 2.83. The Balaban J connectivity index is 1.48. The summed E-state index contributed by atoms with van der Waals surface area (Å²) in [4.78, 5) is 4.52. The van der Waals surface area contributed by atoms with Crippen molar-refractivity contribution in [3.8, 4) is 0 Å². The molecule has 1 aromatic heterocycles. The van der Waals surface area contributed by atoms with Gasteiger partial charge in [-0.3, -0.25) is 0 Å². The molecule has 0 atom stereocenters. The SMILES string of the molecule is CC(C)(C)NCc1ncc(C2C3CC4CC(C3)CC2C4)o1. The van der Waals surface area contributed by atoms with Gasteiger partial charge in [-0.1, -0.05) is 0 Å². The van der Waals surface area contributed by atoms with Gasteiger partial charge in [-0.15, -0.1) is 0 Å². The van der Waals surface area contributed by atoms with Crippen LogP contribution in [0.3, 0.4) is 0 Å². The van der Waals surface area contributed by atoms with Crippen LogP contribution in [0.25, 0.3) is 0 Å². The van der Waals surface area contributed by atoms with E-state index in [-0.39, 0.29) is 5.54 Å². The van der Waals surface area contributed by atoms with Crippen molar-refractivity contribution in [1.29, 1.82) is 0 Å². The second-order valence-corrected chi connectivity index (χ2v) is 8.72. The van der Waals surface area contributed by atoms with Gasteiger partial charge in [-0.25, -0.2) is 4.98 Å². The lowest BCUT2D eigenvalue weighted by Gasteiger charge is -2.53. The van der Waals surface area contributed by atoms with Gasteiger partial charge < -0.3 is 9.73 Å². The van der Waals surface area contributed by atoms with Crippen LogP contribution in [-0.4, -0.2) is 10.5 Å². The highest BCUT2D eigenvalue weighted by Crippen LogP contribution is 2.59. The minimum absolute atomic E-state index is 0.108. The fraction of sp³-hybridized carbons (Fsp3) is 0.833. The van der Waals surface area contributed by atoms with Crippen molar-refractivity contribution in [2.75, 3.05) is 0 Å². The highest BCUT2D eigenvalue weighted by atomic mass is 16.4. The summed E-state index contributed by atoms with van der Waals surface area (Å²) >= 11 is 0. The smallest absolute Gasteiger partial charge is 0.208 e. The molecule has 4 bridgehead atoms. The van der Waals surface area contributed by atoms with Crippen LogP contribution >= 0.6 is 0 Å². The van der Waals surface area contributed by atoms with Crippen molar-refractivity contribution >= 4 is 0 Å². The standard InChI is InChI=1S/C18H28N2O/c1-18(2,3)20-10-16-19-9-15(21-16)17-13-5-11-4-12(7-13)8-14(17)6-11/h9,11-14,17,20H,4-8,10H2,1-3H3. The fourth-order valence-electron chi connectivity index (χ4n) is 5.29. The lowest BCUT2D eigenvalue weighted by atomic mass is 9.51. The van der Waals surface area contributed by atoms with E-state index in [4.69, 9.17) is 4.42 Å². The zero-order valence-electron chi connectivity index (χ0n) is 13.6. The molecule has 0 aliphatic heterocycles. The molecule has 1 heterocycles. The van der Waals surface area contributed by atoms with Crippen LogP contribution in [0.5, 0.6) is 0 Å². The van der Waals surface area contributed by atoms with Crippen molar-refractivity contribution in [1.82, 2.24) is 10.3 Å². The van der Waals surface area contributed by atoms with E-state index in [1.165, 1.54) is 37.9 Å². The number of nitrogens with zero attached hydrogens (tertiary/aromatic N) is 1. The Labute approximate surface area is 127 Å². The molecular formula is C18H28N2O. The summed E-state index contributed by atoms with van der Waals surface area (Å²) in [6, 6.07) is 0. The van der Waals surface area contributed by atoms with Gasteiger partial charge in [0.05, 0.1) is 12.7 Å². The van der Waals surface area contributed by atoms with Crippen LogP contribution < -0.4 is 5.32 Å². The largest absolute Gasteiger partial charge is 0.444 e. The van der Waals surface area contributed by atoms with Crippen LogP contribution in [-0.2, 0) is 6.54 Å². The highest BCUT2D eigenvalue weighted by molar-refractivity contribution is 5.13. The van der Waals surface area contributed by atoms with E-state index in [1.807, 2.05) is 6.20 Å². The van der Waals surface area contributed by atoms with Crippen molar-refractivity contribution in [2.45, 2.75) is 70.9 Å². The second-order valence-electron chi connectivity index (χ2n) is 8.72. The molecule has 4 aliphatic rings. The van der Waals surface area contributed by atoms with Crippen LogP contribution in [0.4, 0.5) is 0 Å². The molecule has 0 radical (unpaired) electrons. The first kappa shape index (κ1) is 13.8. The number of rotatable bonds is 3. The van der Waals surface area contributed by atoms with Crippen LogP contribution in [0.1, 0.15) is 70.4 Å². The Kier molecular flexibility index (Phi) is 3.18. The Morgan fingerprint density at radius 3 is 2.29 bits per heavy atom. The molecule has 0 amide bonds. The molecule has 21 heavy (non-hydrogen) atoms. The van der Waals surface area contributed by atoms with Gasteiger partial charge in [0, 0.05) is 11.5 Å². The first-order valence-corrected chi connectivity index (χ1v) is 8.67. The van der Waals surface area contributed by atoms with E-state index in [0.29, 0.717) is 5.92 Å². The van der Waals surface area contributed by atoms with Gasteiger partial charge in [-0.2, -0.15) is 0 Å². The second kappa shape index (κ2) is 4.84. The number of aromatic nitrogens is 1. The predicted molar refractivity (Wildman–Crippen MR) is 82.9 cm³/mol. The molecule has 1 N–H and O–H groups in total. The van der Waals surface area contributed by atoms with Gasteiger partial charge in [-0.05, 0) is 76.5 Å². The Hall–Kier alpha value is -0.830. The Morgan fingerprint density at radius 2 is 1.71 bits per heavy atom. The molecule has 5 rings (SSSR count). The summed E-state index contributed by atoms with van der Waals surface area (Å²) in [6.45, 7) is 7.26. The van der Waals surface area contributed by atoms with E-state index in [1.54, 1.807) is 0 Å². The van der Waals surface area contributed by atoms with Gasteiger partial charge >= 0.3 is 0 Å². The van der Waals surface area contributed by atoms with Crippen molar-refractivity contribution in [2.24, 2.45) is 23.7 Å². The van der Waals surface area contributed by atoms with Crippen LogP contribution in [0.15, 0.2) is 10.6 Å². The maximum Gasteiger partial charge on any atom is 0.208 e. The summed E-state index contributed by atoms with van der Waals surface area (Å²) in [5.41, 5.74) is 0.108. The maximum atomic E-state index is 6.13. The van der Waals surface area contributed by atoms with Crippen molar-refractivity contribution in [3.05, 3.63) is 17.8 Å². The predicted octanol–water partition coefficient (Wildman–Crippen LogP) is 4.10. The summed E-state index contributed by atoms with van der Waals surface area (Å²) in [5, 5.41) is 3.46. The number of hydrogen-bond acceptors (Lipinski definition) is 3. The number of oxazole rings is 1. The van der Waals surface area contributed by atoms with Crippen LogP contribution in [0.2, 0.25) is 0 Å². The zero-order valence-corrected chi connectivity index (χ0v) is 13.6. The third kappa shape index (κ3) is 2.65. The molecular weight excluding hydrogens is 260 g/mol. The van der Waals surface area contributed by atoms with E-state index >= 15 is 0 Å². The molecule has 116 valence electrons. The van der Waals surface area contributed by atoms with E-state index in [9.17, 15) is 0 Å². The topological polar surface area (TPSA) is 38.1 Å². The monoisotopic (exact) mass is 288 g/mol. The summed E-state index contributed by atoms with van der Waals surface area (Å²) in [5.74, 6) is 6.48. The van der Waals surface area contributed by atoms with Gasteiger partial charge in [0.25, 0.3) is 0 Å². The molecule has 4 saturated carbocycles. The van der Waals surface area contributed by atoms with Gasteiger partial charge in [0.15, 0.2) is 0 Å². The number of nitrogens with one attached hydrogen (secondary N) is 1. The zero-order chi connectivity index (χ0) is 14.6. The summed E-state index contributed by atoms with van der Waals surface area (Å²) < 4.78 is 6.13. The third-order valence-electron chi connectivity index (χ3n) is 5.90. The first-order valence-electron chi connectivity index (χ1n) is 8.67. The molecule has 0 spiro atoms. The minimum atomic E-state index is 0.108. The van der Waals surface area contributed by atoms with Gasteiger partial charge in [0.2, 0.25) is 5.89 Å². The van der Waals surface area contributed by atoms with Gasteiger partial charge in [0.1, 0.15) is 5.76 Å². The highest BCUT2D eigenvalue weighted by Gasteiger charge is 2.49. The lowest BCUT2D eigenvalue weighted by Crippen LogP contribution is -2.43. The van der Waals surface area contributed by atoms with Crippen molar-refractivity contribution in [3.63, 3.8) is 0 Å². The maximum absolute atomic E-state index is 6.13. The first-order chi connectivity index (χ1) is 9.98.